The Hall–Kier alpha value is -2.65. The Bertz CT molecular complexity index is 1130. The molecule has 1 aromatic heterocycles. The van der Waals surface area contributed by atoms with Gasteiger partial charge in [0.15, 0.2) is 5.16 Å². The van der Waals surface area contributed by atoms with Gasteiger partial charge in [0.25, 0.3) is 5.56 Å². The lowest BCUT2D eigenvalue weighted by Gasteiger charge is -2.24. The molecule has 0 unspecified atom stereocenters. The average molecular weight is 514 g/mol. The van der Waals surface area contributed by atoms with E-state index in [-0.39, 0.29) is 34.0 Å². The maximum Gasteiger partial charge on any atom is 0.251 e. The fraction of sp³-hybridized carbons (Fsp3) is 0.556. The van der Waals surface area contributed by atoms with E-state index in [9.17, 15) is 14.4 Å². The number of carbonyl (C=O) groups excluding carboxylic acids is 2. The molecule has 1 saturated heterocycles. The minimum Gasteiger partial charge on any atom is -0.341 e. The molecule has 1 aliphatic rings. The SMILES string of the molecule is CC(C)(C)c1cc(=O)[nH]c(SCC(=O)N2CCCN(CC(=O)Nc3ccccc3C(C)(C)C)CC2)n1. The summed E-state index contributed by atoms with van der Waals surface area (Å²) in [7, 11) is 0. The lowest BCUT2D eigenvalue weighted by Crippen LogP contribution is -2.38. The highest BCUT2D eigenvalue weighted by Gasteiger charge is 2.23. The fourth-order valence-corrected chi connectivity index (χ4v) is 4.91. The third-order valence-corrected chi connectivity index (χ3v) is 7.00. The molecular formula is C27H39N5O3S. The fourth-order valence-electron chi connectivity index (χ4n) is 4.13. The molecule has 2 heterocycles. The number of H-pyrrole nitrogens is 1. The Morgan fingerprint density at radius 2 is 1.75 bits per heavy atom. The van der Waals surface area contributed by atoms with Crippen LogP contribution < -0.4 is 10.9 Å². The number of thioether (sulfide) groups is 1. The molecule has 196 valence electrons. The second-order valence-electron chi connectivity index (χ2n) is 11.3. The minimum absolute atomic E-state index is 0.00853. The predicted molar refractivity (Wildman–Crippen MR) is 146 cm³/mol. The third kappa shape index (κ3) is 7.93. The molecule has 0 spiro atoms. The zero-order valence-electron chi connectivity index (χ0n) is 22.3. The highest BCUT2D eigenvalue weighted by Crippen LogP contribution is 2.29. The van der Waals surface area contributed by atoms with Crippen LogP contribution in [-0.4, -0.2) is 70.1 Å². The maximum atomic E-state index is 12.9. The maximum absolute atomic E-state index is 12.9. The van der Waals surface area contributed by atoms with Gasteiger partial charge in [0, 0.05) is 43.3 Å². The van der Waals surface area contributed by atoms with Crippen LogP contribution in [0.5, 0.6) is 0 Å². The summed E-state index contributed by atoms with van der Waals surface area (Å²) < 4.78 is 0. The van der Waals surface area contributed by atoms with Crippen molar-refractivity contribution >= 4 is 29.3 Å². The van der Waals surface area contributed by atoms with E-state index in [0.717, 1.165) is 24.2 Å². The van der Waals surface area contributed by atoms with Crippen molar-refractivity contribution < 1.29 is 9.59 Å². The lowest BCUT2D eigenvalue weighted by atomic mass is 9.86. The van der Waals surface area contributed by atoms with E-state index in [4.69, 9.17) is 0 Å². The standard InChI is InChI=1S/C27H39N5O3S/c1-26(2,3)19-10-7-8-11-20(19)28-23(34)17-31-12-9-13-32(15-14-31)24(35)18-36-25-29-21(27(4,5)6)16-22(33)30-25/h7-8,10-11,16H,9,12-15,17-18H2,1-6H3,(H,28,34)(H,29,30,33). The number of nitrogens with zero attached hydrogens (tertiary/aromatic N) is 3. The van der Waals surface area contributed by atoms with E-state index < -0.39 is 0 Å². The number of amides is 2. The van der Waals surface area contributed by atoms with Crippen LogP contribution in [-0.2, 0) is 20.4 Å². The molecule has 1 aromatic carbocycles. The Labute approximate surface area is 218 Å². The number of para-hydroxylation sites is 1. The summed E-state index contributed by atoms with van der Waals surface area (Å²) in [5.74, 6) is 0.172. The first-order valence-electron chi connectivity index (χ1n) is 12.5. The van der Waals surface area contributed by atoms with Gasteiger partial charge in [-0.05, 0) is 23.5 Å². The second-order valence-corrected chi connectivity index (χ2v) is 12.3. The van der Waals surface area contributed by atoms with Crippen LogP contribution in [0.1, 0.15) is 59.2 Å². The van der Waals surface area contributed by atoms with Crippen molar-refractivity contribution in [2.75, 3.05) is 43.8 Å². The van der Waals surface area contributed by atoms with E-state index in [1.165, 1.54) is 17.8 Å². The van der Waals surface area contributed by atoms with Crippen LogP contribution in [0.2, 0.25) is 0 Å². The molecule has 1 fully saturated rings. The largest absolute Gasteiger partial charge is 0.341 e. The normalized spacial score (nSPS) is 15.4. The van der Waals surface area contributed by atoms with Gasteiger partial charge in [0.05, 0.1) is 18.0 Å². The average Bonchev–Trinajstić information content (AvgIpc) is 3.01. The molecule has 2 N–H and O–H groups in total. The van der Waals surface area contributed by atoms with Gasteiger partial charge in [0.2, 0.25) is 11.8 Å². The monoisotopic (exact) mass is 513 g/mol. The molecule has 0 bridgehead atoms. The smallest absolute Gasteiger partial charge is 0.251 e. The number of nitrogens with one attached hydrogen (secondary N) is 2. The first kappa shape index (κ1) is 27.9. The number of aromatic nitrogens is 2. The molecule has 2 aromatic rings. The van der Waals surface area contributed by atoms with Gasteiger partial charge in [-0.2, -0.15) is 0 Å². The van der Waals surface area contributed by atoms with Gasteiger partial charge < -0.3 is 15.2 Å². The Morgan fingerprint density at radius 1 is 1.03 bits per heavy atom. The summed E-state index contributed by atoms with van der Waals surface area (Å²) in [4.78, 5) is 48.9. The molecule has 0 atom stereocenters. The zero-order valence-corrected chi connectivity index (χ0v) is 23.1. The number of carbonyl (C=O) groups is 2. The summed E-state index contributed by atoms with van der Waals surface area (Å²) in [6.45, 7) is 15.3. The topological polar surface area (TPSA) is 98.4 Å². The van der Waals surface area contributed by atoms with Crippen molar-refractivity contribution in [3.8, 4) is 0 Å². The zero-order chi connectivity index (χ0) is 26.5. The lowest BCUT2D eigenvalue weighted by molar-refractivity contribution is -0.128. The highest BCUT2D eigenvalue weighted by molar-refractivity contribution is 7.99. The van der Waals surface area contributed by atoms with Crippen molar-refractivity contribution in [1.82, 2.24) is 19.8 Å². The van der Waals surface area contributed by atoms with Crippen LogP contribution in [0.4, 0.5) is 5.69 Å². The van der Waals surface area contributed by atoms with Crippen molar-refractivity contribution in [2.24, 2.45) is 0 Å². The molecule has 0 radical (unpaired) electrons. The summed E-state index contributed by atoms with van der Waals surface area (Å²) in [6, 6.07) is 9.42. The summed E-state index contributed by atoms with van der Waals surface area (Å²) >= 11 is 1.25. The van der Waals surface area contributed by atoms with E-state index in [1.54, 1.807) is 0 Å². The molecule has 2 amide bonds. The molecule has 0 aliphatic carbocycles. The Morgan fingerprint density at radius 3 is 2.44 bits per heavy atom. The molecule has 36 heavy (non-hydrogen) atoms. The van der Waals surface area contributed by atoms with Crippen molar-refractivity contribution in [2.45, 2.75) is 63.9 Å². The van der Waals surface area contributed by atoms with Gasteiger partial charge in [-0.1, -0.05) is 71.5 Å². The van der Waals surface area contributed by atoms with E-state index in [1.807, 2.05) is 49.9 Å². The first-order chi connectivity index (χ1) is 16.8. The molecule has 3 rings (SSSR count). The summed E-state index contributed by atoms with van der Waals surface area (Å²) in [5, 5.41) is 3.54. The van der Waals surface area contributed by atoms with Crippen LogP contribution in [0.3, 0.4) is 0 Å². The van der Waals surface area contributed by atoms with Gasteiger partial charge in [-0.3, -0.25) is 19.3 Å². The minimum atomic E-state index is -0.247. The summed E-state index contributed by atoms with van der Waals surface area (Å²) in [6.07, 6.45) is 0.802. The van der Waals surface area contributed by atoms with Gasteiger partial charge in [0.1, 0.15) is 0 Å². The molecule has 1 aliphatic heterocycles. The van der Waals surface area contributed by atoms with Crippen LogP contribution in [0.25, 0.3) is 0 Å². The quantitative estimate of drug-likeness (QED) is 0.452. The second kappa shape index (κ2) is 11.6. The predicted octanol–water partition coefficient (Wildman–Crippen LogP) is 3.63. The number of hydrogen-bond acceptors (Lipinski definition) is 6. The van der Waals surface area contributed by atoms with E-state index in [0.29, 0.717) is 37.0 Å². The van der Waals surface area contributed by atoms with Crippen molar-refractivity contribution in [1.29, 1.82) is 0 Å². The van der Waals surface area contributed by atoms with Gasteiger partial charge in [-0.25, -0.2) is 4.98 Å². The Balaban J connectivity index is 1.52. The van der Waals surface area contributed by atoms with Gasteiger partial charge >= 0.3 is 0 Å². The molecule has 8 nitrogen and oxygen atoms in total. The molecule has 0 saturated carbocycles. The number of benzene rings is 1. The highest BCUT2D eigenvalue weighted by atomic mass is 32.2. The van der Waals surface area contributed by atoms with Crippen LogP contribution in [0, 0.1) is 0 Å². The molecule has 9 heteroatoms. The van der Waals surface area contributed by atoms with Gasteiger partial charge in [-0.15, -0.1) is 0 Å². The summed E-state index contributed by atoms with van der Waals surface area (Å²) in [5.41, 5.74) is 2.13. The number of aromatic amines is 1. The van der Waals surface area contributed by atoms with Crippen molar-refractivity contribution in [3.63, 3.8) is 0 Å². The first-order valence-corrected chi connectivity index (χ1v) is 13.5. The number of hydrogen-bond donors (Lipinski definition) is 2. The van der Waals surface area contributed by atoms with E-state index in [2.05, 4.69) is 41.0 Å². The van der Waals surface area contributed by atoms with Crippen LogP contribution in [0.15, 0.2) is 40.3 Å². The number of anilines is 1. The van der Waals surface area contributed by atoms with Crippen LogP contribution >= 0.6 is 11.8 Å². The number of rotatable bonds is 6. The third-order valence-electron chi connectivity index (χ3n) is 6.14. The Kier molecular flexibility index (Phi) is 9.00. The van der Waals surface area contributed by atoms with E-state index >= 15 is 0 Å². The molecular weight excluding hydrogens is 474 g/mol. The van der Waals surface area contributed by atoms with Crippen molar-refractivity contribution in [3.05, 3.63) is 51.9 Å².